The van der Waals surface area contributed by atoms with Crippen LogP contribution in [0.4, 0.5) is 0 Å². The van der Waals surface area contributed by atoms with E-state index in [4.69, 9.17) is 10.8 Å². The van der Waals surface area contributed by atoms with Gasteiger partial charge < -0.3 is 16.2 Å². The maximum atomic E-state index is 12.3. The van der Waals surface area contributed by atoms with Gasteiger partial charge in [-0.15, -0.1) is 0 Å². The standard InChI is InChI=1S/C15H22N2O2/c1-15(7-3-6-13(15)16)14(19)17-9-11-4-2-5-12(8-11)10-18/h2,4-5,8,13,18H,3,6-7,9-10,16H2,1H3,(H,17,19). The minimum Gasteiger partial charge on any atom is -0.392 e. The molecule has 0 spiro atoms. The number of hydrogen-bond acceptors (Lipinski definition) is 3. The second kappa shape index (κ2) is 5.72. The van der Waals surface area contributed by atoms with Crippen molar-refractivity contribution in [2.24, 2.45) is 11.1 Å². The Morgan fingerprint density at radius 1 is 1.53 bits per heavy atom. The highest BCUT2D eigenvalue weighted by Gasteiger charge is 2.42. The lowest BCUT2D eigenvalue weighted by Gasteiger charge is -2.27. The van der Waals surface area contributed by atoms with Gasteiger partial charge in [-0.05, 0) is 30.9 Å². The molecule has 0 saturated heterocycles. The fourth-order valence-electron chi connectivity index (χ4n) is 2.70. The Morgan fingerprint density at radius 2 is 2.26 bits per heavy atom. The zero-order chi connectivity index (χ0) is 13.9. The highest BCUT2D eigenvalue weighted by Crippen LogP contribution is 2.36. The van der Waals surface area contributed by atoms with Crippen LogP contribution < -0.4 is 11.1 Å². The molecule has 0 aliphatic heterocycles. The molecule has 1 saturated carbocycles. The van der Waals surface area contributed by atoms with E-state index in [2.05, 4.69) is 5.32 Å². The average molecular weight is 262 g/mol. The fraction of sp³-hybridized carbons (Fsp3) is 0.533. The van der Waals surface area contributed by atoms with Gasteiger partial charge in [-0.3, -0.25) is 4.79 Å². The average Bonchev–Trinajstić information content (AvgIpc) is 2.77. The number of rotatable bonds is 4. The van der Waals surface area contributed by atoms with Crippen molar-refractivity contribution in [1.29, 1.82) is 0 Å². The van der Waals surface area contributed by atoms with Gasteiger partial charge in [0.05, 0.1) is 12.0 Å². The number of amides is 1. The Morgan fingerprint density at radius 3 is 2.89 bits per heavy atom. The number of hydrogen-bond donors (Lipinski definition) is 3. The quantitative estimate of drug-likeness (QED) is 0.766. The SMILES string of the molecule is CC1(C(=O)NCc2cccc(CO)c2)CCCC1N. The number of benzene rings is 1. The summed E-state index contributed by atoms with van der Waals surface area (Å²) >= 11 is 0. The van der Waals surface area contributed by atoms with Crippen LogP contribution in [-0.4, -0.2) is 17.1 Å². The van der Waals surface area contributed by atoms with Gasteiger partial charge in [0.1, 0.15) is 0 Å². The number of nitrogens with two attached hydrogens (primary N) is 1. The first kappa shape index (κ1) is 14.0. The molecule has 2 unspecified atom stereocenters. The molecule has 0 heterocycles. The molecule has 0 aromatic heterocycles. The number of nitrogens with one attached hydrogen (secondary N) is 1. The summed E-state index contributed by atoms with van der Waals surface area (Å²) in [4.78, 5) is 12.3. The summed E-state index contributed by atoms with van der Waals surface area (Å²) in [6.45, 7) is 2.45. The van der Waals surface area contributed by atoms with Crippen molar-refractivity contribution in [2.45, 2.75) is 45.4 Å². The molecule has 1 fully saturated rings. The third-order valence-electron chi connectivity index (χ3n) is 4.18. The van der Waals surface area contributed by atoms with E-state index in [0.29, 0.717) is 6.54 Å². The first-order chi connectivity index (χ1) is 9.06. The molecule has 4 N–H and O–H groups in total. The highest BCUT2D eigenvalue weighted by atomic mass is 16.3. The van der Waals surface area contributed by atoms with Crippen LogP contribution in [-0.2, 0) is 17.9 Å². The molecule has 2 atom stereocenters. The summed E-state index contributed by atoms with van der Waals surface area (Å²) in [5.74, 6) is 0.0342. The third kappa shape index (κ3) is 2.96. The second-order valence-electron chi connectivity index (χ2n) is 5.58. The minimum atomic E-state index is -0.436. The van der Waals surface area contributed by atoms with Gasteiger partial charge >= 0.3 is 0 Å². The van der Waals surface area contributed by atoms with E-state index in [1.807, 2.05) is 31.2 Å². The van der Waals surface area contributed by atoms with Crippen molar-refractivity contribution < 1.29 is 9.90 Å². The number of carbonyl (C=O) groups excluding carboxylic acids is 1. The normalized spacial score (nSPS) is 26.4. The van der Waals surface area contributed by atoms with E-state index in [1.54, 1.807) is 0 Å². The van der Waals surface area contributed by atoms with Gasteiger partial charge in [0, 0.05) is 12.6 Å². The fourth-order valence-corrected chi connectivity index (χ4v) is 2.70. The smallest absolute Gasteiger partial charge is 0.227 e. The van der Waals surface area contributed by atoms with E-state index in [-0.39, 0.29) is 18.6 Å². The van der Waals surface area contributed by atoms with Gasteiger partial charge in [0.25, 0.3) is 0 Å². The first-order valence-corrected chi connectivity index (χ1v) is 6.79. The van der Waals surface area contributed by atoms with Crippen molar-refractivity contribution in [1.82, 2.24) is 5.32 Å². The van der Waals surface area contributed by atoms with Crippen LogP contribution in [0.15, 0.2) is 24.3 Å². The van der Waals surface area contributed by atoms with Gasteiger partial charge in [-0.25, -0.2) is 0 Å². The summed E-state index contributed by atoms with van der Waals surface area (Å²) in [5, 5.41) is 12.0. The third-order valence-corrected chi connectivity index (χ3v) is 4.18. The topological polar surface area (TPSA) is 75.3 Å². The van der Waals surface area contributed by atoms with E-state index >= 15 is 0 Å². The van der Waals surface area contributed by atoms with Crippen LogP contribution in [0.3, 0.4) is 0 Å². The number of carbonyl (C=O) groups is 1. The van der Waals surface area contributed by atoms with Crippen molar-refractivity contribution >= 4 is 5.91 Å². The summed E-state index contributed by atoms with van der Waals surface area (Å²) in [6.07, 6.45) is 2.80. The van der Waals surface area contributed by atoms with E-state index in [0.717, 1.165) is 30.4 Å². The van der Waals surface area contributed by atoms with Crippen LogP contribution in [0.2, 0.25) is 0 Å². The predicted molar refractivity (Wildman–Crippen MR) is 74.1 cm³/mol. The van der Waals surface area contributed by atoms with Crippen molar-refractivity contribution in [3.05, 3.63) is 35.4 Å². The Bertz CT molecular complexity index is 461. The molecular weight excluding hydrogens is 240 g/mol. The molecule has 1 aliphatic rings. The van der Waals surface area contributed by atoms with Crippen LogP contribution in [0.5, 0.6) is 0 Å². The van der Waals surface area contributed by atoms with E-state index in [1.165, 1.54) is 0 Å². The Hall–Kier alpha value is -1.39. The Labute approximate surface area is 114 Å². The maximum Gasteiger partial charge on any atom is 0.227 e. The molecule has 0 bridgehead atoms. The molecule has 2 rings (SSSR count). The molecule has 0 radical (unpaired) electrons. The molecule has 1 aliphatic carbocycles. The van der Waals surface area contributed by atoms with Crippen molar-refractivity contribution in [2.75, 3.05) is 0 Å². The zero-order valence-electron chi connectivity index (χ0n) is 11.4. The largest absolute Gasteiger partial charge is 0.392 e. The van der Waals surface area contributed by atoms with Crippen molar-refractivity contribution in [3.8, 4) is 0 Å². The van der Waals surface area contributed by atoms with Gasteiger partial charge in [-0.2, -0.15) is 0 Å². The van der Waals surface area contributed by atoms with Crippen LogP contribution in [0, 0.1) is 5.41 Å². The zero-order valence-corrected chi connectivity index (χ0v) is 11.4. The molecule has 4 nitrogen and oxygen atoms in total. The van der Waals surface area contributed by atoms with Crippen LogP contribution in [0.25, 0.3) is 0 Å². The summed E-state index contributed by atoms with van der Waals surface area (Å²) < 4.78 is 0. The van der Waals surface area contributed by atoms with Crippen LogP contribution in [0.1, 0.15) is 37.3 Å². The van der Waals surface area contributed by atoms with Gasteiger partial charge in [0.15, 0.2) is 0 Å². The van der Waals surface area contributed by atoms with Gasteiger partial charge in [-0.1, -0.05) is 30.7 Å². The van der Waals surface area contributed by atoms with Crippen LogP contribution >= 0.6 is 0 Å². The van der Waals surface area contributed by atoms with E-state index < -0.39 is 5.41 Å². The molecule has 1 aromatic rings. The molecule has 1 aromatic carbocycles. The van der Waals surface area contributed by atoms with Crippen molar-refractivity contribution in [3.63, 3.8) is 0 Å². The predicted octanol–water partition coefficient (Wildman–Crippen LogP) is 1.31. The summed E-state index contributed by atoms with van der Waals surface area (Å²) in [7, 11) is 0. The second-order valence-corrected chi connectivity index (χ2v) is 5.58. The summed E-state index contributed by atoms with van der Waals surface area (Å²) in [6, 6.07) is 7.54. The number of aliphatic hydroxyl groups excluding tert-OH is 1. The lowest BCUT2D eigenvalue weighted by molar-refractivity contribution is -0.130. The summed E-state index contributed by atoms with van der Waals surface area (Å²) in [5.41, 5.74) is 7.45. The molecule has 4 heteroatoms. The molecule has 104 valence electrons. The lowest BCUT2D eigenvalue weighted by atomic mass is 9.84. The molecule has 19 heavy (non-hydrogen) atoms. The molecule has 1 amide bonds. The Kier molecular flexibility index (Phi) is 4.22. The first-order valence-electron chi connectivity index (χ1n) is 6.79. The number of aliphatic hydroxyl groups is 1. The minimum absolute atomic E-state index is 0.0182. The van der Waals surface area contributed by atoms with Gasteiger partial charge in [0.2, 0.25) is 5.91 Å². The maximum absolute atomic E-state index is 12.3. The monoisotopic (exact) mass is 262 g/mol. The molecular formula is C15H22N2O2. The highest BCUT2D eigenvalue weighted by molar-refractivity contribution is 5.83. The van der Waals surface area contributed by atoms with E-state index in [9.17, 15) is 4.79 Å². The lowest BCUT2D eigenvalue weighted by Crippen LogP contribution is -2.47. The Balaban J connectivity index is 1.96.